The van der Waals surface area contributed by atoms with E-state index in [1.165, 1.54) is 58.4 Å². The Hall–Kier alpha value is -6.49. The topological polar surface area (TPSA) is 38.7 Å². The standard InChI is InChI=1S/C47H29N3S/c1-3-12-31(13-4-1)45-48-46(32-14-5-2-6-15-32)50-47(49-45)33-24-22-30(23-25-33)37-20-11-21-43-44(37)41-29-35(26-27-42(41)51-43)40-28-34-16-7-8-17-36(34)38-18-9-10-19-39(38)40/h1-29H. The second-order valence-corrected chi connectivity index (χ2v) is 13.9. The molecule has 0 aliphatic heterocycles. The van der Waals surface area contributed by atoms with E-state index in [4.69, 9.17) is 15.0 Å². The van der Waals surface area contributed by atoms with Gasteiger partial charge in [-0.1, -0.05) is 152 Å². The number of rotatable bonds is 5. The number of hydrogen-bond donors (Lipinski definition) is 0. The van der Waals surface area contributed by atoms with E-state index in [1.807, 2.05) is 72.0 Å². The van der Waals surface area contributed by atoms with Crippen LogP contribution in [0.2, 0.25) is 0 Å². The van der Waals surface area contributed by atoms with E-state index < -0.39 is 0 Å². The van der Waals surface area contributed by atoms with Gasteiger partial charge in [0.1, 0.15) is 0 Å². The number of aromatic nitrogens is 3. The highest BCUT2D eigenvalue weighted by Gasteiger charge is 2.16. The minimum atomic E-state index is 0.653. The van der Waals surface area contributed by atoms with Crippen LogP contribution in [-0.2, 0) is 0 Å². The zero-order chi connectivity index (χ0) is 33.7. The number of benzene rings is 8. The minimum absolute atomic E-state index is 0.653. The van der Waals surface area contributed by atoms with Gasteiger partial charge in [0, 0.05) is 36.9 Å². The molecule has 0 aliphatic rings. The highest BCUT2D eigenvalue weighted by atomic mass is 32.1. The van der Waals surface area contributed by atoms with Crippen molar-refractivity contribution in [2.45, 2.75) is 0 Å². The quantitative estimate of drug-likeness (QED) is 0.171. The van der Waals surface area contributed by atoms with Crippen LogP contribution < -0.4 is 0 Å². The zero-order valence-corrected chi connectivity index (χ0v) is 28.3. The summed E-state index contributed by atoms with van der Waals surface area (Å²) in [6, 6.07) is 62.3. The van der Waals surface area contributed by atoms with Gasteiger partial charge in [0.15, 0.2) is 17.5 Å². The molecule has 0 N–H and O–H groups in total. The Bertz CT molecular complexity index is 2840. The van der Waals surface area contributed by atoms with E-state index >= 15 is 0 Å². The van der Waals surface area contributed by atoms with Crippen molar-refractivity contribution in [3.8, 4) is 56.4 Å². The Morgan fingerprint density at radius 1 is 0.314 bits per heavy atom. The van der Waals surface area contributed by atoms with Gasteiger partial charge in [0.2, 0.25) is 0 Å². The Balaban J connectivity index is 1.09. The summed E-state index contributed by atoms with van der Waals surface area (Å²) in [7, 11) is 0. The van der Waals surface area contributed by atoms with Crippen LogP contribution >= 0.6 is 11.3 Å². The smallest absolute Gasteiger partial charge is 0.164 e. The van der Waals surface area contributed by atoms with Crippen LogP contribution in [0.5, 0.6) is 0 Å². The molecule has 238 valence electrons. The first-order valence-electron chi connectivity index (χ1n) is 17.1. The van der Waals surface area contributed by atoms with E-state index in [-0.39, 0.29) is 0 Å². The normalized spacial score (nSPS) is 11.5. The van der Waals surface area contributed by atoms with Crippen LogP contribution in [0, 0.1) is 0 Å². The van der Waals surface area contributed by atoms with Gasteiger partial charge in [-0.05, 0) is 68.1 Å². The van der Waals surface area contributed by atoms with Crippen molar-refractivity contribution in [3.63, 3.8) is 0 Å². The SMILES string of the molecule is c1ccc(-c2nc(-c3ccccc3)nc(-c3ccc(-c4cccc5sc6ccc(-c7cc8ccccc8c8ccccc78)cc6c45)cc3)n2)cc1. The molecule has 4 heteroatoms. The Morgan fingerprint density at radius 2 is 0.863 bits per heavy atom. The summed E-state index contributed by atoms with van der Waals surface area (Å²) in [5.41, 5.74) is 7.73. The third-order valence-corrected chi connectivity index (χ3v) is 10.9. The molecule has 10 rings (SSSR count). The first-order valence-corrected chi connectivity index (χ1v) is 17.9. The summed E-state index contributed by atoms with van der Waals surface area (Å²) in [5, 5.41) is 7.67. The molecule has 0 saturated carbocycles. The summed E-state index contributed by atoms with van der Waals surface area (Å²) >= 11 is 1.85. The maximum absolute atomic E-state index is 4.94. The molecule has 51 heavy (non-hydrogen) atoms. The molecule has 2 heterocycles. The highest BCUT2D eigenvalue weighted by Crippen LogP contribution is 2.43. The number of fused-ring (bicyclic) bond motifs is 6. The lowest BCUT2D eigenvalue weighted by molar-refractivity contribution is 1.07. The van der Waals surface area contributed by atoms with Gasteiger partial charge in [-0.2, -0.15) is 0 Å². The maximum Gasteiger partial charge on any atom is 0.164 e. The van der Waals surface area contributed by atoms with Gasteiger partial charge in [-0.3, -0.25) is 0 Å². The molecule has 8 aromatic carbocycles. The molecule has 10 aromatic rings. The first-order chi connectivity index (χ1) is 25.3. The molecule has 0 bridgehead atoms. The first kappa shape index (κ1) is 29.4. The lowest BCUT2D eigenvalue weighted by atomic mass is 9.92. The molecule has 0 spiro atoms. The van der Waals surface area contributed by atoms with Gasteiger partial charge < -0.3 is 0 Å². The number of hydrogen-bond acceptors (Lipinski definition) is 4. The fourth-order valence-corrected chi connectivity index (χ4v) is 8.38. The maximum atomic E-state index is 4.94. The second-order valence-electron chi connectivity index (χ2n) is 12.8. The van der Waals surface area contributed by atoms with E-state index in [2.05, 4.69) is 115 Å². The molecule has 0 amide bonds. The zero-order valence-electron chi connectivity index (χ0n) is 27.5. The van der Waals surface area contributed by atoms with Crippen LogP contribution in [-0.4, -0.2) is 15.0 Å². The third-order valence-electron chi connectivity index (χ3n) is 9.73. The molecule has 3 nitrogen and oxygen atoms in total. The number of thiophene rings is 1. The van der Waals surface area contributed by atoms with Gasteiger partial charge in [-0.25, -0.2) is 15.0 Å². The molecule has 0 saturated heterocycles. The predicted molar refractivity (Wildman–Crippen MR) is 215 cm³/mol. The Labute approximate surface area is 299 Å². The molecule has 0 radical (unpaired) electrons. The van der Waals surface area contributed by atoms with Gasteiger partial charge in [-0.15, -0.1) is 11.3 Å². The average Bonchev–Trinajstić information content (AvgIpc) is 3.59. The number of nitrogens with zero attached hydrogens (tertiary/aromatic N) is 3. The van der Waals surface area contributed by atoms with Crippen molar-refractivity contribution < 1.29 is 0 Å². The minimum Gasteiger partial charge on any atom is -0.208 e. The second kappa shape index (κ2) is 12.1. The molecule has 2 aromatic heterocycles. The molecule has 0 fully saturated rings. The van der Waals surface area contributed by atoms with Crippen molar-refractivity contribution in [1.29, 1.82) is 0 Å². The van der Waals surface area contributed by atoms with Crippen LogP contribution in [0.3, 0.4) is 0 Å². The molecular weight excluding hydrogens is 639 g/mol. The predicted octanol–water partition coefficient (Wildman–Crippen LogP) is 12.9. The summed E-state index contributed by atoms with van der Waals surface area (Å²) in [6.07, 6.45) is 0. The largest absolute Gasteiger partial charge is 0.208 e. The highest BCUT2D eigenvalue weighted by molar-refractivity contribution is 7.26. The van der Waals surface area contributed by atoms with Gasteiger partial charge >= 0.3 is 0 Å². The molecule has 0 atom stereocenters. The summed E-state index contributed by atoms with van der Waals surface area (Å²) in [4.78, 5) is 14.7. The molecule has 0 aliphatic carbocycles. The third kappa shape index (κ3) is 5.16. The van der Waals surface area contributed by atoms with E-state index in [0.29, 0.717) is 17.5 Å². The van der Waals surface area contributed by atoms with Gasteiger partial charge in [0.25, 0.3) is 0 Å². The lowest BCUT2D eigenvalue weighted by Gasteiger charge is -2.12. The van der Waals surface area contributed by atoms with Crippen molar-refractivity contribution >= 4 is 53.1 Å². The van der Waals surface area contributed by atoms with Gasteiger partial charge in [0.05, 0.1) is 0 Å². The average molecular weight is 668 g/mol. The fourth-order valence-electron chi connectivity index (χ4n) is 7.26. The van der Waals surface area contributed by atoms with E-state index in [0.717, 1.165) is 22.3 Å². The van der Waals surface area contributed by atoms with Crippen LogP contribution in [0.1, 0.15) is 0 Å². The monoisotopic (exact) mass is 667 g/mol. The summed E-state index contributed by atoms with van der Waals surface area (Å²) in [5.74, 6) is 1.97. The van der Waals surface area contributed by atoms with Crippen LogP contribution in [0.4, 0.5) is 0 Å². The van der Waals surface area contributed by atoms with Crippen molar-refractivity contribution in [2.75, 3.05) is 0 Å². The van der Waals surface area contributed by atoms with Crippen molar-refractivity contribution in [1.82, 2.24) is 15.0 Å². The van der Waals surface area contributed by atoms with Crippen LogP contribution in [0.15, 0.2) is 176 Å². The van der Waals surface area contributed by atoms with Crippen molar-refractivity contribution in [3.05, 3.63) is 176 Å². The molecular formula is C47H29N3S. The molecule has 0 unspecified atom stereocenters. The summed E-state index contributed by atoms with van der Waals surface area (Å²) < 4.78 is 2.57. The van der Waals surface area contributed by atoms with E-state index in [9.17, 15) is 0 Å². The fraction of sp³-hybridized carbons (Fsp3) is 0. The van der Waals surface area contributed by atoms with Crippen LogP contribution in [0.25, 0.3) is 98.1 Å². The Kier molecular flexibility index (Phi) is 7.00. The van der Waals surface area contributed by atoms with Crippen molar-refractivity contribution in [2.24, 2.45) is 0 Å². The van der Waals surface area contributed by atoms with E-state index in [1.54, 1.807) is 0 Å². The lowest BCUT2D eigenvalue weighted by Crippen LogP contribution is -2.00. The summed E-state index contributed by atoms with van der Waals surface area (Å²) in [6.45, 7) is 0. The Morgan fingerprint density at radius 3 is 1.55 bits per heavy atom.